The number of benzene rings is 1. The van der Waals surface area contributed by atoms with E-state index < -0.39 is 0 Å². The van der Waals surface area contributed by atoms with Crippen molar-refractivity contribution in [3.8, 4) is 0 Å². The van der Waals surface area contributed by atoms with Crippen LogP contribution in [0.25, 0.3) is 0 Å². The molecule has 2 bridgehead atoms. The van der Waals surface area contributed by atoms with Crippen molar-refractivity contribution >= 4 is 38.9 Å². The number of thiocarbonyl (C=S) groups is 1. The highest BCUT2D eigenvalue weighted by atomic mass is 79.9. The predicted octanol–water partition coefficient (Wildman–Crippen LogP) is 4.23. The summed E-state index contributed by atoms with van der Waals surface area (Å²) in [6, 6.07) is 6.84. The van der Waals surface area contributed by atoms with Gasteiger partial charge < -0.3 is 10.6 Å². The fraction of sp³-hybridized carbons (Fsp3) is 0.533. The van der Waals surface area contributed by atoms with Crippen LogP contribution in [0.15, 0.2) is 22.7 Å². The van der Waals surface area contributed by atoms with Gasteiger partial charge in [-0.15, -0.1) is 0 Å². The van der Waals surface area contributed by atoms with Crippen molar-refractivity contribution in [2.45, 2.75) is 38.6 Å². The number of aryl methyl sites for hydroxylation is 1. The number of nitrogens with one attached hydrogen (secondary N) is 2. The highest BCUT2D eigenvalue weighted by Gasteiger charge is 2.39. The molecule has 0 aliphatic heterocycles. The first-order valence-electron chi connectivity index (χ1n) is 6.95. The lowest BCUT2D eigenvalue weighted by atomic mass is 9.96. The molecular formula is C15H19BrN2S. The Balaban J connectivity index is 1.59. The third kappa shape index (κ3) is 2.95. The summed E-state index contributed by atoms with van der Waals surface area (Å²) in [5.74, 6) is 1.78. The monoisotopic (exact) mass is 338 g/mol. The largest absolute Gasteiger partial charge is 0.359 e. The van der Waals surface area contributed by atoms with Gasteiger partial charge in [0.05, 0.1) is 5.69 Å². The molecule has 1 aromatic rings. The normalized spacial score (nSPS) is 28.4. The molecule has 2 nitrogen and oxygen atoms in total. The molecule has 3 unspecified atom stereocenters. The van der Waals surface area contributed by atoms with Gasteiger partial charge in [0.25, 0.3) is 0 Å². The molecule has 4 heteroatoms. The zero-order valence-corrected chi connectivity index (χ0v) is 13.5. The number of fused-ring (bicyclic) bond motifs is 2. The molecule has 0 amide bonds. The third-order valence-corrected chi connectivity index (χ3v) is 5.30. The number of hydrogen-bond acceptors (Lipinski definition) is 1. The Morgan fingerprint density at radius 2 is 2.16 bits per heavy atom. The van der Waals surface area contributed by atoms with Crippen molar-refractivity contribution in [1.29, 1.82) is 0 Å². The fourth-order valence-corrected chi connectivity index (χ4v) is 4.32. The zero-order chi connectivity index (χ0) is 13.4. The summed E-state index contributed by atoms with van der Waals surface area (Å²) < 4.78 is 1.06. The third-order valence-electron chi connectivity index (χ3n) is 4.43. The first-order chi connectivity index (χ1) is 9.11. The predicted molar refractivity (Wildman–Crippen MR) is 87.5 cm³/mol. The van der Waals surface area contributed by atoms with Gasteiger partial charge in [-0.25, -0.2) is 0 Å². The lowest BCUT2D eigenvalue weighted by Crippen LogP contribution is -2.40. The van der Waals surface area contributed by atoms with Crippen molar-refractivity contribution in [2.75, 3.05) is 5.32 Å². The molecule has 1 aromatic carbocycles. The Kier molecular flexibility index (Phi) is 3.81. The van der Waals surface area contributed by atoms with E-state index in [1.807, 2.05) is 0 Å². The Morgan fingerprint density at radius 3 is 2.79 bits per heavy atom. The van der Waals surface area contributed by atoms with Crippen LogP contribution in [0.5, 0.6) is 0 Å². The van der Waals surface area contributed by atoms with Crippen LogP contribution in [-0.2, 0) is 0 Å². The molecular weight excluding hydrogens is 320 g/mol. The van der Waals surface area contributed by atoms with E-state index in [0.717, 1.165) is 27.1 Å². The van der Waals surface area contributed by atoms with Gasteiger partial charge in [-0.05, 0) is 83.9 Å². The van der Waals surface area contributed by atoms with Crippen molar-refractivity contribution < 1.29 is 0 Å². The van der Waals surface area contributed by atoms with Crippen LogP contribution < -0.4 is 10.6 Å². The molecule has 19 heavy (non-hydrogen) atoms. The first-order valence-corrected chi connectivity index (χ1v) is 8.15. The maximum Gasteiger partial charge on any atom is 0.171 e. The minimum atomic E-state index is 0.586. The maximum absolute atomic E-state index is 5.44. The van der Waals surface area contributed by atoms with Gasteiger partial charge in [-0.2, -0.15) is 0 Å². The topological polar surface area (TPSA) is 24.1 Å². The molecule has 2 aliphatic carbocycles. The van der Waals surface area contributed by atoms with Gasteiger partial charge in [0, 0.05) is 10.5 Å². The van der Waals surface area contributed by atoms with Crippen molar-refractivity contribution in [3.05, 3.63) is 28.2 Å². The van der Waals surface area contributed by atoms with Gasteiger partial charge in [-0.1, -0.05) is 12.5 Å². The Labute approximate surface area is 128 Å². The fourth-order valence-electron chi connectivity index (χ4n) is 3.47. The molecule has 3 atom stereocenters. The van der Waals surface area contributed by atoms with Crippen molar-refractivity contribution in [1.82, 2.24) is 5.32 Å². The first kappa shape index (κ1) is 13.4. The van der Waals surface area contributed by atoms with E-state index in [-0.39, 0.29) is 0 Å². The minimum absolute atomic E-state index is 0.586. The molecule has 2 fully saturated rings. The van der Waals surface area contributed by atoms with Gasteiger partial charge in [0.2, 0.25) is 0 Å². The van der Waals surface area contributed by atoms with Crippen LogP contribution in [0.2, 0.25) is 0 Å². The van der Waals surface area contributed by atoms with E-state index in [9.17, 15) is 0 Å². The summed E-state index contributed by atoms with van der Waals surface area (Å²) >= 11 is 9.01. The summed E-state index contributed by atoms with van der Waals surface area (Å²) in [7, 11) is 0. The maximum atomic E-state index is 5.44. The summed E-state index contributed by atoms with van der Waals surface area (Å²) in [5.41, 5.74) is 2.27. The van der Waals surface area contributed by atoms with E-state index in [1.165, 1.54) is 31.2 Å². The molecule has 0 spiro atoms. The SMILES string of the molecule is Cc1ccc(NC(=S)NC2CC3CCC2C3)c(Br)c1. The number of halogens is 1. The Bertz CT molecular complexity index is 503. The van der Waals surface area contributed by atoms with E-state index in [4.69, 9.17) is 12.2 Å². The Hall–Kier alpha value is -0.610. The van der Waals surface area contributed by atoms with Gasteiger partial charge in [0.15, 0.2) is 5.11 Å². The van der Waals surface area contributed by atoms with Crippen LogP contribution >= 0.6 is 28.1 Å². The second-order valence-corrected chi connectivity index (χ2v) is 7.13. The highest BCUT2D eigenvalue weighted by molar-refractivity contribution is 9.10. The van der Waals surface area contributed by atoms with Crippen LogP contribution in [0.1, 0.15) is 31.2 Å². The van der Waals surface area contributed by atoms with Crippen LogP contribution in [0, 0.1) is 18.8 Å². The van der Waals surface area contributed by atoms with E-state index in [0.29, 0.717) is 6.04 Å². The van der Waals surface area contributed by atoms with Crippen LogP contribution in [0.3, 0.4) is 0 Å². The summed E-state index contributed by atoms with van der Waals surface area (Å²) in [5, 5.41) is 7.55. The molecule has 3 rings (SSSR count). The molecule has 102 valence electrons. The lowest BCUT2D eigenvalue weighted by molar-refractivity contribution is 0.392. The van der Waals surface area contributed by atoms with Gasteiger partial charge >= 0.3 is 0 Å². The van der Waals surface area contributed by atoms with Crippen molar-refractivity contribution in [2.24, 2.45) is 11.8 Å². The molecule has 2 N–H and O–H groups in total. The average molecular weight is 339 g/mol. The van der Waals surface area contributed by atoms with E-state index >= 15 is 0 Å². The number of anilines is 1. The molecule has 0 saturated heterocycles. The zero-order valence-electron chi connectivity index (χ0n) is 11.1. The Morgan fingerprint density at radius 1 is 1.32 bits per heavy atom. The second-order valence-electron chi connectivity index (χ2n) is 5.86. The van der Waals surface area contributed by atoms with E-state index in [2.05, 4.69) is 51.7 Å². The molecule has 0 aromatic heterocycles. The molecule has 2 aliphatic rings. The molecule has 2 saturated carbocycles. The van der Waals surface area contributed by atoms with Crippen LogP contribution in [-0.4, -0.2) is 11.2 Å². The van der Waals surface area contributed by atoms with Gasteiger partial charge in [-0.3, -0.25) is 0 Å². The van der Waals surface area contributed by atoms with Crippen LogP contribution in [0.4, 0.5) is 5.69 Å². The average Bonchev–Trinajstić information content (AvgIpc) is 2.95. The van der Waals surface area contributed by atoms with Gasteiger partial charge in [0.1, 0.15) is 0 Å². The molecule has 0 heterocycles. The standard InChI is InChI=1S/C15H19BrN2S/c1-9-2-5-13(12(16)6-9)17-15(19)18-14-8-10-3-4-11(14)7-10/h2,5-6,10-11,14H,3-4,7-8H2,1H3,(H2,17,18,19). The second kappa shape index (κ2) is 5.41. The summed E-state index contributed by atoms with van der Waals surface area (Å²) in [4.78, 5) is 0. The smallest absolute Gasteiger partial charge is 0.171 e. The lowest BCUT2D eigenvalue weighted by Gasteiger charge is -2.24. The number of rotatable bonds is 2. The quantitative estimate of drug-likeness (QED) is 0.789. The van der Waals surface area contributed by atoms with E-state index in [1.54, 1.807) is 0 Å². The highest BCUT2D eigenvalue weighted by Crippen LogP contribution is 2.44. The summed E-state index contributed by atoms with van der Waals surface area (Å²) in [6.07, 6.45) is 5.49. The minimum Gasteiger partial charge on any atom is -0.359 e. The van der Waals surface area contributed by atoms with Crippen molar-refractivity contribution in [3.63, 3.8) is 0 Å². The number of hydrogen-bond donors (Lipinski definition) is 2. The summed E-state index contributed by atoms with van der Waals surface area (Å²) in [6.45, 7) is 2.08. The molecule has 0 radical (unpaired) electrons.